The zero-order valence-electron chi connectivity index (χ0n) is 14.7. The molecular formula is C17H33N5O. The van der Waals surface area contributed by atoms with E-state index in [1.807, 2.05) is 0 Å². The number of amides is 1. The maximum Gasteiger partial charge on any atom is 0.223 e. The molecule has 1 amide bonds. The van der Waals surface area contributed by atoms with E-state index in [0.29, 0.717) is 13.1 Å². The van der Waals surface area contributed by atoms with Gasteiger partial charge in [0.2, 0.25) is 5.91 Å². The average molecular weight is 323 g/mol. The number of nitrogens with zero attached hydrogens (tertiary/aromatic N) is 2. The molecule has 1 heterocycles. The summed E-state index contributed by atoms with van der Waals surface area (Å²) in [6.07, 6.45) is 7.29. The van der Waals surface area contributed by atoms with Crippen molar-refractivity contribution in [2.75, 3.05) is 39.8 Å². The van der Waals surface area contributed by atoms with Gasteiger partial charge in [0, 0.05) is 45.2 Å². The first kappa shape index (κ1) is 18.0. The van der Waals surface area contributed by atoms with Gasteiger partial charge in [-0.15, -0.1) is 0 Å². The van der Waals surface area contributed by atoms with Gasteiger partial charge in [-0.25, -0.2) is 0 Å². The Labute approximate surface area is 140 Å². The predicted octanol–water partition coefficient (Wildman–Crippen LogP) is 0.942. The van der Waals surface area contributed by atoms with Crippen LogP contribution in [0.4, 0.5) is 0 Å². The number of hydrogen-bond donors (Lipinski definition) is 3. The van der Waals surface area contributed by atoms with Crippen molar-refractivity contribution in [3.05, 3.63) is 0 Å². The molecular weight excluding hydrogens is 290 g/mol. The minimum atomic E-state index is 0.199. The number of guanidine groups is 1. The molecule has 1 saturated carbocycles. The lowest BCUT2D eigenvalue weighted by atomic mass is 10.0. The molecule has 1 atom stereocenters. The van der Waals surface area contributed by atoms with Crippen molar-refractivity contribution in [1.29, 1.82) is 0 Å². The van der Waals surface area contributed by atoms with Crippen molar-refractivity contribution in [2.45, 2.75) is 51.5 Å². The fraction of sp³-hybridized carbons (Fsp3) is 0.882. The molecule has 0 aromatic heterocycles. The number of nitrogens with one attached hydrogen (secondary N) is 3. The Morgan fingerprint density at radius 2 is 1.83 bits per heavy atom. The Balaban J connectivity index is 1.49. The van der Waals surface area contributed by atoms with Crippen LogP contribution < -0.4 is 16.0 Å². The third-order valence-electron chi connectivity index (χ3n) is 4.74. The molecule has 0 aromatic carbocycles. The molecule has 2 aliphatic rings. The highest BCUT2D eigenvalue weighted by molar-refractivity contribution is 5.81. The first-order valence-electron chi connectivity index (χ1n) is 9.17. The van der Waals surface area contributed by atoms with E-state index in [1.165, 1.54) is 25.8 Å². The maximum atomic E-state index is 11.5. The number of rotatable bonds is 8. The van der Waals surface area contributed by atoms with Gasteiger partial charge in [-0.2, -0.15) is 0 Å². The molecule has 2 rings (SSSR count). The fourth-order valence-electron chi connectivity index (χ4n) is 3.06. The molecule has 23 heavy (non-hydrogen) atoms. The molecule has 3 N–H and O–H groups in total. The van der Waals surface area contributed by atoms with Crippen molar-refractivity contribution in [3.8, 4) is 0 Å². The van der Waals surface area contributed by atoms with Crippen LogP contribution in [-0.4, -0.2) is 62.6 Å². The summed E-state index contributed by atoms with van der Waals surface area (Å²) in [5, 5.41) is 9.54. The van der Waals surface area contributed by atoms with Gasteiger partial charge in [0.05, 0.1) is 0 Å². The molecule has 0 aromatic rings. The standard InChI is InChI=1S/C17H33N5O/c1-14-6-3-4-12-22(14)13-5-9-20-17(18-2)21-11-10-19-16(23)15-7-8-15/h14-15H,3-13H2,1-2H3,(H,19,23)(H2,18,20,21). The molecule has 2 fully saturated rings. The second kappa shape index (κ2) is 9.75. The van der Waals surface area contributed by atoms with Gasteiger partial charge in [-0.3, -0.25) is 9.79 Å². The van der Waals surface area contributed by atoms with Crippen LogP contribution in [0.5, 0.6) is 0 Å². The molecule has 0 spiro atoms. The second-order valence-corrected chi connectivity index (χ2v) is 6.73. The zero-order valence-corrected chi connectivity index (χ0v) is 14.7. The Kier molecular flexibility index (Phi) is 7.65. The molecule has 1 aliphatic carbocycles. The summed E-state index contributed by atoms with van der Waals surface area (Å²) in [6.45, 7) is 7.03. The number of aliphatic imine (C=N–C) groups is 1. The van der Waals surface area contributed by atoms with E-state index in [9.17, 15) is 4.79 Å². The van der Waals surface area contributed by atoms with Crippen LogP contribution >= 0.6 is 0 Å². The third-order valence-corrected chi connectivity index (χ3v) is 4.74. The first-order valence-corrected chi connectivity index (χ1v) is 9.17. The number of piperidine rings is 1. The summed E-state index contributed by atoms with van der Waals surface area (Å²) in [4.78, 5) is 18.3. The second-order valence-electron chi connectivity index (χ2n) is 6.73. The SMILES string of the molecule is CN=C(NCCCN1CCCCC1C)NCCNC(=O)C1CC1. The molecule has 1 unspecified atom stereocenters. The van der Waals surface area contributed by atoms with E-state index in [4.69, 9.17) is 0 Å². The molecule has 1 aliphatic heterocycles. The summed E-state index contributed by atoms with van der Waals surface area (Å²) in [7, 11) is 1.78. The third kappa shape index (κ3) is 6.77. The number of carbonyl (C=O) groups excluding carboxylic acids is 1. The van der Waals surface area contributed by atoms with Crippen LogP contribution in [0.25, 0.3) is 0 Å². The Morgan fingerprint density at radius 1 is 1.09 bits per heavy atom. The predicted molar refractivity (Wildman–Crippen MR) is 94.6 cm³/mol. The highest BCUT2D eigenvalue weighted by Gasteiger charge is 2.28. The fourth-order valence-corrected chi connectivity index (χ4v) is 3.06. The average Bonchev–Trinajstić information content (AvgIpc) is 3.39. The Morgan fingerprint density at radius 3 is 2.52 bits per heavy atom. The number of likely N-dealkylation sites (tertiary alicyclic amines) is 1. The lowest BCUT2D eigenvalue weighted by molar-refractivity contribution is -0.122. The van der Waals surface area contributed by atoms with Crippen LogP contribution in [0.3, 0.4) is 0 Å². The molecule has 6 heteroatoms. The van der Waals surface area contributed by atoms with Crippen LogP contribution in [-0.2, 0) is 4.79 Å². The quantitative estimate of drug-likeness (QED) is 0.353. The van der Waals surface area contributed by atoms with Gasteiger partial charge in [0.1, 0.15) is 0 Å². The van der Waals surface area contributed by atoms with Crippen molar-refractivity contribution >= 4 is 11.9 Å². The minimum absolute atomic E-state index is 0.199. The van der Waals surface area contributed by atoms with E-state index in [-0.39, 0.29) is 11.8 Å². The molecule has 132 valence electrons. The molecule has 0 bridgehead atoms. The van der Waals surface area contributed by atoms with Gasteiger partial charge < -0.3 is 20.9 Å². The number of hydrogen-bond acceptors (Lipinski definition) is 3. The van der Waals surface area contributed by atoms with Gasteiger partial charge in [-0.05, 0) is 45.6 Å². The summed E-state index contributed by atoms with van der Waals surface area (Å²) >= 11 is 0. The Hall–Kier alpha value is -1.30. The highest BCUT2D eigenvalue weighted by atomic mass is 16.2. The van der Waals surface area contributed by atoms with Gasteiger partial charge in [-0.1, -0.05) is 6.42 Å². The molecule has 0 radical (unpaired) electrons. The molecule has 6 nitrogen and oxygen atoms in total. The van der Waals surface area contributed by atoms with Crippen LogP contribution in [0.2, 0.25) is 0 Å². The Bertz CT molecular complexity index is 394. The summed E-state index contributed by atoms with van der Waals surface area (Å²) < 4.78 is 0. The monoisotopic (exact) mass is 323 g/mol. The van der Waals surface area contributed by atoms with Crippen molar-refractivity contribution in [3.63, 3.8) is 0 Å². The van der Waals surface area contributed by atoms with E-state index in [0.717, 1.165) is 44.4 Å². The number of carbonyl (C=O) groups is 1. The van der Waals surface area contributed by atoms with E-state index >= 15 is 0 Å². The highest BCUT2D eigenvalue weighted by Crippen LogP contribution is 2.28. The van der Waals surface area contributed by atoms with Crippen LogP contribution in [0.1, 0.15) is 45.4 Å². The topological polar surface area (TPSA) is 68.8 Å². The van der Waals surface area contributed by atoms with Crippen LogP contribution in [0.15, 0.2) is 4.99 Å². The van der Waals surface area contributed by atoms with Crippen molar-refractivity contribution in [1.82, 2.24) is 20.9 Å². The maximum absolute atomic E-state index is 11.5. The van der Waals surface area contributed by atoms with Gasteiger partial charge in [0.15, 0.2) is 5.96 Å². The van der Waals surface area contributed by atoms with Gasteiger partial charge >= 0.3 is 0 Å². The minimum Gasteiger partial charge on any atom is -0.356 e. The summed E-state index contributed by atoms with van der Waals surface area (Å²) in [5.74, 6) is 1.30. The molecule has 1 saturated heterocycles. The summed E-state index contributed by atoms with van der Waals surface area (Å²) in [6, 6.07) is 0.733. The first-order chi connectivity index (χ1) is 11.2. The van der Waals surface area contributed by atoms with E-state index in [1.54, 1.807) is 7.05 Å². The lowest BCUT2D eigenvalue weighted by Crippen LogP contribution is -2.43. The normalized spacial score (nSPS) is 22.7. The largest absolute Gasteiger partial charge is 0.356 e. The smallest absolute Gasteiger partial charge is 0.223 e. The van der Waals surface area contributed by atoms with Gasteiger partial charge in [0.25, 0.3) is 0 Å². The van der Waals surface area contributed by atoms with Crippen molar-refractivity contribution in [2.24, 2.45) is 10.9 Å². The van der Waals surface area contributed by atoms with Crippen molar-refractivity contribution < 1.29 is 4.79 Å². The van der Waals surface area contributed by atoms with E-state index in [2.05, 4.69) is 32.8 Å². The lowest BCUT2D eigenvalue weighted by Gasteiger charge is -2.33. The summed E-state index contributed by atoms with van der Waals surface area (Å²) in [5.41, 5.74) is 0. The van der Waals surface area contributed by atoms with E-state index < -0.39 is 0 Å². The zero-order chi connectivity index (χ0) is 16.5. The van der Waals surface area contributed by atoms with Crippen LogP contribution in [0, 0.1) is 5.92 Å².